The highest BCUT2D eigenvalue weighted by Gasteiger charge is 2.12. The lowest BCUT2D eigenvalue weighted by atomic mass is 10.2. The van der Waals surface area contributed by atoms with Crippen molar-refractivity contribution in [3.05, 3.63) is 61.2 Å². The lowest BCUT2D eigenvalue weighted by Gasteiger charge is -2.12. The number of nitrogens with two attached hydrogens (primary N) is 1. The Morgan fingerprint density at radius 1 is 1.22 bits per heavy atom. The standard InChI is InChI=1S/C12H12BrN3O2/c1-15-11(17)9(13)10(14)16(12(15)18)7-8-5-3-2-4-6-8/h2-6H,7,14H2,1H3. The Labute approximate surface area is 112 Å². The lowest BCUT2D eigenvalue weighted by molar-refractivity contribution is 0.650. The van der Waals surface area contributed by atoms with E-state index < -0.39 is 11.2 Å². The highest BCUT2D eigenvalue weighted by molar-refractivity contribution is 9.10. The summed E-state index contributed by atoms with van der Waals surface area (Å²) in [6.07, 6.45) is 0. The Morgan fingerprint density at radius 3 is 2.44 bits per heavy atom. The first-order valence-electron chi connectivity index (χ1n) is 5.31. The first-order chi connectivity index (χ1) is 8.52. The predicted octanol–water partition coefficient (Wildman–Crippen LogP) is 0.940. The molecule has 0 aliphatic rings. The van der Waals surface area contributed by atoms with Gasteiger partial charge in [-0.2, -0.15) is 0 Å². The molecule has 2 rings (SSSR count). The molecular formula is C12H12BrN3O2. The maximum atomic E-state index is 12.0. The van der Waals surface area contributed by atoms with Gasteiger partial charge in [0.2, 0.25) is 0 Å². The van der Waals surface area contributed by atoms with E-state index in [1.165, 1.54) is 11.6 Å². The van der Waals surface area contributed by atoms with Crippen molar-refractivity contribution in [2.24, 2.45) is 7.05 Å². The van der Waals surface area contributed by atoms with Gasteiger partial charge in [0.25, 0.3) is 5.56 Å². The fraction of sp³-hybridized carbons (Fsp3) is 0.167. The molecular weight excluding hydrogens is 298 g/mol. The molecule has 6 heteroatoms. The van der Waals surface area contributed by atoms with E-state index in [4.69, 9.17) is 5.73 Å². The first kappa shape index (κ1) is 12.6. The molecule has 0 atom stereocenters. The molecule has 1 heterocycles. The topological polar surface area (TPSA) is 70.0 Å². The predicted molar refractivity (Wildman–Crippen MR) is 73.6 cm³/mol. The van der Waals surface area contributed by atoms with Gasteiger partial charge in [0, 0.05) is 7.05 Å². The fourth-order valence-electron chi connectivity index (χ4n) is 1.67. The van der Waals surface area contributed by atoms with Gasteiger partial charge < -0.3 is 5.73 Å². The van der Waals surface area contributed by atoms with Crippen LogP contribution in [0.2, 0.25) is 0 Å². The van der Waals surface area contributed by atoms with E-state index in [1.54, 1.807) is 0 Å². The molecule has 0 amide bonds. The van der Waals surface area contributed by atoms with Gasteiger partial charge in [0.15, 0.2) is 0 Å². The highest BCUT2D eigenvalue weighted by Crippen LogP contribution is 2.13. The van der Waals surface area contributed by atoms with Crippen LogP contribution in [0, 0.1) is 0 Å². The lowest BCUT2D eigenvalue weighted by Crippen LogP contribution is -2.40. The largest absolute Gasteiger partial charge is 0.384 e. The van der Waals surface area contributed by atoms with Crippen molar-refractivity contribution < 1.29 is 0 Å². The molecule has 0 radical (unpaired) electrons. The Morgan fingerprint density at radius 2 is 1.83 bits per heavy atom. The molecule has 5 nitrogen and oxygen atoms in total. The Balaban J connectivity index is 2.59. The zero-order chi connectivity index (χ0) is 13.3. The second-order valence-electron chi connectivity index (χ2n) is 3.92. The van der Waals surface area contributed by atoms with Gasteiger partial charge in [0.05, 0.1) is 6.54 Å². The number of hydrogen-bond donors (Lipinski definition) is 1. The van der Waals surface area contributed by atoms with E-state index in [0.717, 1.165) is 10.1 Å². The van der Waals surface area contributed by atoms with Crippen LogP contribution >= 0.6 is 15.9 Å². The number of nitrogens with zero attached hydrogens (tertiary/aromatic N) is 2. The third kappa shape index (κ3) is 2.11. The van der Waals surface area contributed by atoms with Gasteiger partial charge in [0.1, 0.15) is 10.3 Å². The van der Waals surface area contributed by atoms with Crippen molar-refractivity contribution in [3.63, 3.8) is 0 Å². The number of rotatable bonds is 2. The molecule has 0 fully saturated rings. The third-order valence-corrected chi connectivity index (χ3v) is 3.45. The molecule has 0 aliphatic heterocycles. The number of halogens is 1. The number of nitrogen functional groups attached to an aromatic ring is 1. The van der Waals surface area contributed by atoms with Crippen LogP contribution < -0.4 is 17.0 Å². The second kappa shape index (κ2) is 4.81. The van der Waals surface area contributed by atoms with E-state index in [0.29, 0.717) is 6.54 Å². The molecule has 0 bridgehead atoms. The molecule has 1 aromatic heterocycles. The van der Waals surface area contributed by atoms with Gasteiger partial charge in [-0.1, -0.05) is 30.3 Å². The molecule has 0 saturated carbocycles. The molecule has 1 aromatic carbocycles. The summed E-state index contributed by atoms with van der Waals surface area (Å²) in [4.78, 5) is 23.6. The summed E-state index contributed by atoms with van der Waals surface area (Å²) in [5.74, 6) is 0.145. The summed E-state index contributed by atoms with van der Waals surface area (Å²) in [5, 5.41) is 0. The fourth-order valence-corrected chi connectivity index (χ4v) is 2.15. The van der Waals surface area contributed by atoms with Crippen LogP contribution in [-0.4, -0.2) is 9.13 Å². The van der Waals surface area contributed by atoms with E-state index in [-0.39, 0.29) is 10.3 Å². The molecule has 94 valence electrons. The number of anilines is 1. The zero-order valence-corrected chi connectivity index (χ0v) is 11.3. The van der Waals surface area contributed by atoms with E-state index in [1.807, 2.05) is 30.3 Å². The van der Waals surface area contributed by atoms with Crippen LogP contribution in [0.4, 0.5) is 5.82 Å². The van der Waals surface area contributed by atoms with Gasteiger partial charge in [-0.05, 0) is 21.5 Å². The molecule has 0 spiro atoms. The van der Waals surface area contributed by atoms with Crippen LogP contribution in [0.5, 0.6) is 0 Å². The van der Waals surface area contributed by atoms with Crippen LogP contribution in [0.1, 0.15) is 5.56 Å². The van der Waals surface area contributed by atoms with Crippen LogP contribution in [0.3, 0.4) is 0 Å². The normalized spacial score (nSPS) is 10.6. The van der Waals surface area contributed by atoms with Gasteiger partial charge >= 0.3 is 5.69 Å². The molecule has 2 N–H and O–H groups in total. The summed E-state index contributed by atoms with van der Waals surface area (Å²) in [6, 6.07) is 9.45. The monoisotopic (exact) mass is 309 g/mol. The van der Waals surface area contributed by atoms with Crippen molar-refractivity contribution in [3.8, 4) is 0 Å². The maximum Gasteiger partial charge on any atom is 0.332 e. The minimum Gasteiger partial charge on any atom is -0.384 e. The van der Waals surface area contributed by atoms with Gasteiger partial charge in [-0.25, -0.2) is 4.79 Å². The number of aromatic nitrogens is 2. The zero-order valence-electron chi connectivity index (χ0n) is 9.76. The van der Waals surface area contributed by atoms with Crippen molar-refractivity contribution in [2.45, 2.75) is 6.54 Å². The Hall–Kier alpha value is -1.82. The Kier molecular flexibility index (Phi) is 3.38. The van der Waals surface area contributed by atoms with Crippen molar-refractivity contribution >= 4 is 21.7 Å². The summed E-state index contributed by atoms with van der Waals surface area (Å²) < 4.78 is 2.60. The molecule has 2 aromatic rings. The first-order valence-corrected chi connectivity index (χ1v) is 6.10. The van der Waals surface area contributed by atoms with Crippen LogP contribution in [0.15, 0.2) is 44.4 Å². The minimum atomic E-state index is -0.429. The summed E-state index contributed by atoms with van der Waals surface area (Å²) in [7, 11) is 1.43. The SMILES string of the molecule is Cn1c(=O)c(Br)c(N)n(Cc2ccccc2)c1=O. The van der Waals surface area contributed by atoms with Crippen LogP contribution in [0.25, 0.3) is 0 Å². The Bertz CT molecular complexity index is 689. The molecule has 0 unspecified atom stereocenters. The van der Waals surface area contributed by atoms with E-state index in [2.05, 4.69) is 15.9 Å². The summed E-state index contributed by atoms with van der Waals surface area (Å²) >= 11 is 3.11. The van der Waals surface area contributed by atoms with Crippen LogP contribution in [-0.2, 0) is 13.6 Å². The van der Waals surface area contributed by atoms with Crippen molar-refractivity contribution in [1.29, 1.82) is 0 Å². The average Bonchev–Trinajstić information content (AvgIpc) is 2.40. The molecule has 0 aliphatic carbocycles. The minimum absolute atomic E-state index is 0.145. The maximum absolute atomic E-state index is 12.0. The summed E-state index contributed by atoms with van der Waals surface area (Å²) in [6.45, 7) is 0.332. The summed E-state index contributed by atoms with van der Waals surface area (Å²) in [5.41, 5.74) is 5.89. The number of hydrogen-bond acceptors (Lipinski definition) is 3. The second-order valence-corrected chi connectivity index (χ2v) is 4.71. The van der Waals surface area contributed by atoms with E-state index >= 15 is 0 Å². The average molecular weight is 310 g/mol. The quantitative estimate of drug-likeness (QED) is 0.897. The highest BCUT2D eigenvalue weighted by atomic mass is 79.9. The third-order valence-electron chi connectivity index (χ3n) is 2.71. The molecule has 0 saturated heterocycles. The van der Waals surface area contributed by atoms with Crippen molar-refractivity contribution in [1.82, 2.24) is 9.13 Å². The van der Waals surface area contributed by atoms with E-state index in [9.17, 15) is 9.59 Å². The smallest absolute Gasteiger partial charge is 0.332 e. The van der Waals surface area contributed by atoms with Gasteiger partial charge in [-0.3, -0.25) is 13.9 Å². The molecule has 18 heavy (non-hydrogen) atoms. The number of benzene rings is 1. The van der Waals surface area contributed by atoms with Gasteiger partial charge in [-0.15, -0.1) is 0 Å². The van der Waals surface area contributed by atoms with Crippen molar-refractivity contribution in [2.75, 3.05) is 5.73 Å².